The first-order valence-electron chi connectivity index (χ1n) is 10.3. The Bertz CT molecular complexity index is 124. The molecule has 0 aromatic carbocycles. The van der Waals surface area contributed by atoms with Gasteiger partial charge in [0.05, 0.1) is 0 Å². The normalized spacial score (nSPS) is 9.39. The average Bonchev–Trinajstić information content (AvgIpc) is 2.38. The van der Waals surface area contributed by atoms with Crippen molar-refractivity contribution in [1.29, 1.82) is 0 Å². The topological polar surface area (TPSA) is 0 Å². The highest BCUT2D eigenvalue weighted by Crippen LogP contribution is 2.08. The Balaban J connectivity index is -0.0000000589. The van der Waals surface area contributed by atoms with Crippen LogP contribution in [0.25, 0.3) is 0 Å². The van der Waals surface area contributed by atoms with Crippen LogP contribution in [0.1, 0.15) is 135 Å². The van der Waals surface area contributed by atoms with Gasteiger partial charge < -0.3 is 0 Å². The molecule has 0 atom stereocenters. The standard InChI is InChI=1S/3C5H12.2C4H10/c1-5(2,3)4;1-4-5(2)3;1-3-5-4-2;1-4(2)3;1-3-4-2/h1-4H3;5H,4H2,1-3H3;3-5H2,1-2H3;4H,1-3H3;3-4H2,1-2H3. The summed E-state index contributed by atoms with van der Waals surface area (Å²) in [5.41, 5.74) is 0.500. The van der Waals surface area contributed by atoms with Crippen LogP contribution in [0.3, 0.4) is 0 Å². The van der Waals surface area contributed by atoms with Crippen molar-refractivity contribution in [3.63, 3.8) is 0 Å². The molecule has 0 aliphatic rings. The second-order valence-electron chi connectivity index (χ2n) is 8.89. The zero-order chi connectivity index (χ0) is 19.9. The van der Waals surface area contributed by atoms with E-state index in [0.717, 1.165) is 11.8 Å². The van der Waals surface area contributed by atoms with Gasteiger partial charge in [-0.2, -0.15) is 0 Å². The van der Waals surface area contributed by atoms with E-state index in [2.05, 4.69) is 96.9 Å². The molecule has 0 N–H and O–H groups in total. The first kappa shape index (κ1) is 34.4. The molecule has 0 nitrogen and oxygen atoms in total. The third-order valence-corrected chi connectivity index (χ3v) is 2.02. The van der Waals surface area contributed by atoms with Crippen LogP contribution in [0.5, 0.6) is 0 Å². The summed E-state index contributed by atoms with van der Waals surface area (Å²) in [4.78, 5) is 0. The molecule has 0 rings (SSSR count). The van der Waals surface area contributed by atoms with Crippen LogP contribution in [0.15, 0.2) is 0 Å². The van der Waals surface area contributed by atoms with E-state index in [0.29, 0.717) is 5.41 Å². The Morgan fingerprint density at radius 3 is 0.739 bits per heavy atom. The van der Waals surface area contributed by atoms with E-state index in [1.165, 1.54) is 38.5 Å². The van der Waals surface area contributed by atoms with E-state index >= 15 is 0 Å². The molecule has 0 unspecified atom stereocenters. The molecule has 0 spiro atoms. The van der Waals surface area contributed by atoms with E-state index in [9.17, 15) is 0 Å². The minimum Gasteiger partial charge on any atom is -0.0654 e. The molecule has 0 aliphatic carbocycles. The molecule has 148 valence electrons. The Hall–Kier alpha value is 0. The highest BCUT2D eigenvalue weighted by atomic mass is 14.0. The van der Waals surface area contributed by atoms with Crippen LogP contribution in [-0.2, 0) is 0 Å². The van der Waals surface area contributed by atoms with Crippen molar-refractivity contribution < 1.29 is 0 Å². The van der Waals surface area contributed by atoms with Gasteiger partial charge in [0.25, 0.3) is 0 Å². The molecule has 0 fully saturated rings. The lowest BCUT2D eigenvalue weighted by atomic mass is 10.0. The van der Waals surface area contributed by atoms with Gasteiger partial charge in [0.15, 0.2) is 0 Å². The van der Waals surface area contributed by atoms with Crippen molar-refractivity contribution in [1.82, 2.24) is 0 Å². The van der Waals surface area contributed by atoms with E-state index in [4.69, 9.17) is 0 Å². The smallest absolute Gasteiger partial charge is 0.0411 e. The number of hydrogen-bond acceptors (Lipinski definition) is 0. The fourth-order valence-corrected chi connectivity index (χ4v) is 0.354. The lowest BCUT2D eigenvalue weighted by Crippen LogP contribution is -1.93. The van der Waals surface area contributed by atoms with Gasteiger partial charge in [-0.1, -0.05) is 135 Å². The van der Waals surface area contributed by atoms with Crippen molar-refractivity contribution in [2.24, 2.45) is 17.3 Å². The van der Waals surface area contributed by atoms with E-state index in [-0.39, 0.29) is 0 Å². The summed E-state index contributed by atoms with van der Waals surface area (Å²) in [7, 11) is 0. The molecule has 0 aliphatic heterocycles. The second-order valence-corrected chi connectivity index (χ2v) is 8.89. The van der Waals surface area contributed by atoms with Gasteiger partial charge in [0.2, 0.25) is 0 Å². The Morgan fingerprint density at radius 2 is 0.739 bits per heavy atom. The first-order chi connectivity index (χ1) is 10.3. The first-order valence-corrected chi connectivity index (χ1v) is 10.3. The summed E-state index contributed by atoms with van der Waals surface area (Å²) in [6.45, 7) is 30.7. The minimum atomic E-state index is 0.500. The maximum absolute atomic E-state index is 2.22. The Labute approximate surface area is 153 Å². The van der Waals surface area contributed by atoms with Crippen molar-refractivity contribution in [2.45, 2.75) is 135 Å². The zero-order valence-electron chi connectivity index (χ0n) is 19.9. The van der Waals surface area contributed by atoms with Gasteiger partial charge in [-0.3, -0.25) is 0 Å². The maximum Gasteiger partial charge on any atom is -0.0411 e. The van der Waals surface area contributed by atoms with Crippen LogP contribution >= 0.6 is 0 Å². The fraction of sp³-hybridized carbons (Fsp3) is 1.00. The predicted molar refractivity (Wildman–Crippen MR) is 117 cm³/mol. The quantitative estimate of drug-likeness (QED) is 0.480. The summed E-state index contributed by atoms with van der Waals surface area (Å²) in [6.07, 6.45) is 8.02. The van der Waals surface area contributed by atoms with Gasteiger partial charge in [-0.05, 0) is 17.3 Å². The molecule has 23 heavy (non-hydrogen) atoms. The summed E-state index contributed by atoms with van der Waals surface area (Å²) in [6, 6.07) is 0. The van der Waals surface area contributed by atoms with Gasteiger partial charge in [-0.15, -0.1) is 0 Å². The summed E-state index contributed by atoms with van der Waals surface area (Å²) >= 11 is 0. The van der Waals surface area contributed by atoms with Crippen LogP contribution in [0.2, 0.25) is 0 Å². The van der Waals surface area contributed by atoms with Crippen molar-refractivity contribution in [3.8, 4) is 0 Å². The molecule has 0 aromatic rings. The number of rotatable bonds is 4. The monoisotopic (exact) mass is 332 g/mol. The SMILES string of the molecule is CC(C)(C)C.CC(C)C.CCC(C)C.CCCC.CCCCC. The van der Waals surface area contributed by atoms with E-state index in [1.807, 2.05) is 0 Å². The third kappa shape index (κ3) is 352. The summed E-state index contributed by atoms with van der Waals surface area (Å²) in [5.74, 6) is 1.72. The van der Waals surface area contributed by atoms with Gasteiger partial charge in [-0.25, -0.2) is 0 Å². The molecule has 0 amide bonds. The molecular weight excluding hydrogens is 276 g/mol. The van der Waals surface area contributed by atoms with Crippen LogP contribution in [0, 0.1) is 17.3 Å². The fourth-order valence-electron chi connectivity index (χ4n) is 0.354. The minimum absolute atomic E-state index is 0.500. The van der Waals surface area contributed by atoms with Crippen molar-refractivity contribution >= 4 is 0 Å². The molecule has 0 heterocycles. The third-order valence-electron chi connectivity index (χ3n) is 2.02. The Morgan fingerprint density at radius 1 is 0.565 bits per heavy atom. The molecule has 0 saturated carbocycles. The zero-order valence-corrected chi connectivity index (χ0v) is 19.9. The molecular formula is C23H56. The molecule has 0 heteroatoms. The Kier molecular flexibility index (Phi) is 44.7. The van der Waals surface area contributed by atoms with E-state index < -0.39 is 0 Å². The average molecular weight is 333 g/mol. The number of hydrogen-bond donors (Lipinski definition) is 0. The van der Waals surface area contributed by atoms with Gasteiger partial charge in [0.1, 0.15) is 0 Å². The van der Waals surface area contributed by atoms with Crippen LogP contribution in [0.4, 0.5) is 0 Å². The lowest BCUT2D eigenvalue weighted by Gasteiger charge is -2.05. The highest BCUT2D eigenvalue weighted by Gasteiger charge is 1.95. The highest BCUT2D eigenvalue weighted by molar-refractivity contribution is 4.47. The number of unbranched alkanes of at least 4 members (excludes halogenated alkanes) is 3. The molecule has 0 aromatic heterocycles. The predicted octanol–water partition coefficient (Wildman–Crippen LogP) is 9.77. The molecule has 0 saturated heterocycles. The van der Waals surface area contributed by atoms with Gasteiger partial charge >= 0.3 is 0 Å². The van der Waals surface area contributed by atoms with Crippen LogP contribution < -0.4 is 0 Å². The lowest BCUT2D eigenvalue weighted by molar-refractivity contribution is 0.469. The van der Waals surface area contributed by atoms with Crippen LogP contribution in [-0.4, -0.2) is 0 Å². The second kappa shape index (κ2) is 29.9. The summed E-state index contributed by atoms with van der Waals surface area (Å²) < 4.78 is 0. The van der Waals surface area contributed by atoms with Crippen molar-refractivity contribution in [3.05, 3.63) is 0 Å². The van der Waals surface area contributed by atoms with Crippen molar-refractivity contribution in [2.75, 3.05) is 0 Å². The largest absolute Gasteiger partial charge is 0.0654 e. The van der Waals surface area contributed by atoms with Gasteiger partial charge in [0, 0.05) is 0 Å². The molecule has 0 radical (unpaired) electrons. The van der Waals surface area contributed by atoms with E-state index in [1.54, 1.807) is 0 Å². The summed E-state index contributed by atoms with van der Waals surface area (Å²) in [5, 5.41) is 0. The maximum atomic E-state index is 2.22. The molecule has 0 bridgehead atoms.